The average Bonchev–Trinajstić information content (AvgIpc) is 2.67. The summed E-state index contributed by atoms with van der Waals surface area (Å²) in [6, 6.07) is 1.91. The number of nitrogens with one attached hydrogen (secondary N) is 1. The first kappa shape index (κ1) is 15.7. The Balaban J connectivity index is 2.84. The average molecular weight is 448 g/mol. The number of halogens is 3. The number of carbonyl (C=O) groups is 1. The molecule has 1 aromatic heterocycles. The summed E-state index contributed by atoms with van der Waals surface area (Å²) in [7, 11) is 0. The SMILES string of the molecule is CCC(CBr)(CBr)NC(=O)c1cc(C)c(Br)s1. The van der Waals surface area contributed by atoms with Crippen molar-refractivity contribution in [2.24, 2.45) is 0 Å². The second kappa shape index (κ2) is 6.68. The number of hydrogen-bond acceptors (Lipinski definition) is 2. The fourth-order valence-electron chi connectivity index (χ4n) is 1.25. The van der Waals surface area contributed by atoms with Crippen molar-refractivity contribution in [3.63, 3.8) is 0 Å². The van der Waals surface area contributed by atoms with Gasteiger partial charge in [-0.05, 0) is 40.9 Å². The number of carbonyl (C=O) groups excluding carboxylic acids is 1. The Kier molecular flexibility index (Phi) is 6.16. The number of aryl methyl sites for hydroxylation is 1. The monoisotopic (exact) mass is 445 g/mol. The molecule has 0 aliphatic rings. The first-order valence-electron chi connectivity index (χ1n) is 5.18. The van der Waals surface area contributed by atoms with Crippen LogP contribution in [0.25, 0.3) is 0 Å². The lowest BCUT2D eigenvalue weighted by Crippen LogP contribution is -2.50. The molecule has 0 spiro atoms. The lowest BCUT2D eigenvalue weighted by Gasteiger charge is -2.29. The van der Waals surface area contributed by atoms with Gasteiger partial charge in [-0.15, -0.1) is 11.3 Å². The summed E-state index contributed by atoms with van der Waals surface area (Å²) in [5.41, 5.74) is 0.876. The highest BCUT2D eigenvalue weighted by atomic mass is 79.9. The normalized spacial score (nSPS) is 11.6. The quantitative estimate of drug-likeness (QED) is 0.662. The van der Waals surface area contributed by atoms with E-state index in [0.29, 0.717) is 0 Å². The van der Waals surface area contributed by atoms with E-state index in [9.17, 15) is 4.79 Å². The van der Waals surface area contributed by atoms with Crippen molar-refractivity contribution in [1.29, 1.82) is 0 Å². The van der Waals surface area contributed by atoms with Crippen molar-refractivity contribution in [3.05, 3.63) is 20.3 Å². The van der Waals surface area contributed by atoms with E-state index in [2.05, 4.69) is 60.0 Å². The van der Waals surface area contributed by atoms with Gasteiger partial charge in [-0.2, -0.15) is 0 Å². The summed E-state index contributed by atoms with van der Waals surface area (Å²) in [5.74, 6) is -0.00968. The minimum atomic E-state index is -0.221. The van der Waals surface area contributed by atoms with Gasteiger partial charge < -0.3 is 5.32 Å². The van der Waals surface area contributed by atoms with Gasteiger partial charge in [-0.25, -0.2) is 0 Å². The van der Waals surface area contributed by atoms with Crippen LogP contribution >= 0.6 is 59.1 Å². The fourth-order valence-corrected chi connectivity index (χ4v) is 4.69. The third kappa shape index (κ3) is 3.78. The molecule has 1 amide bonds. The summed E-state index contributed by atoms with van der Waals surface area (Å²) in [6.45, 7) is 4.05. The van der Waals surface area contributed by atoms with Crippen LogP contribution in [0, 0.1) is 6.92 Å². The molecule has 0 saturated heterocycles. The topological polar surface area (TPSA) is 29.1 Å². The van der Waals surface area contributed by atoms with Gasteiger partial charge in [0.2, 0.25) is 0 Å². The van der Waals surface area contributed by atoms with E-state index >= 15 is 0 Å². The summed E-state index contributed by atoms with van der Waals surface area (Å²) in [6.07, 6.45) is 0.876. The van der Waals surface area contributed by atoms with Crippen LogP contribution in [0.1, 0.15) is 28.6 Å². The molecule has 6 heteroatoms. The molecule has 0 saturated carbocycles. The van der Waals surface area contributed by atoms with Crippen LogP contribution in [-0.2, 0) is 0 Å². The molecular formula is C11H14Br3NOS. The molecule has 0 aliphatic carbocycles. The van der Waals surface area contributed by atoms with E-state index in [-0.39, 0.29) is 11.4 Å². The van der Waals surface area contributed by atoms with Gasteiger partial charge in [0.1, 0.15) is 0 Å². The number of rotatable bonds is 5. The van der Waals surface area contributed by atoms with Gasteiger partial charge in [0, 0.05) is 10.7 Å². The van der Waals surface area contributed by atoms with Gasteiger partial charge in [-0.3, -0.25) is 4.79 Å². The van der Waals surface area contributed by atoms with Crippen LogP contribution < -0.4 is 5.32 Å². The second-order valence-electron chi connectivity index (χ2n) is 3.92. The van der Waals surface area contributed by atoms with Gasteiger partial charge >= 0.3 is 0 Å². The van der Waals surface area contributed by atoms with Gasteiger partial charge in [0.15, 0.2) is 0 Å². The van der Waals surface area contributed by atoms with E-state index < -0.39 is 0 Å². The third-order valence-electron chi connectivity index (χ3n) is 2.65. The van der Waals surface area contributed by atoms with Gasteiger partial charge in [-0.1, -0.05) is 38.8 Å². The Bertz CT molecular complexity index is 374. The molecular weight excluding hydrogens is 434 g/mol. The van der Waals surface area contributed by atoms with E-state index in [1.165, 1.54) is 11.3 Å². The first-order chi connectivity index (χ1) is 7.98. The van der Waals surface area contributed by atoms with Crippen molar-refractivity contribution in [2.45, 2.75) is 25.8 Å². The smallest absolute Gasteiger partial charge is 0.261 e. The van der Waals surface area contributed by atoms with E-state index in [1.54, 1.807) is 0 Å². The maximum absolute atomic E-state index is 12.1. The molecule has 0 atom stereocenters. The standard InChI is InChI=1S/C11H14Br3NOS/c1-3-11(5-12,6-13)15-10(16)8-4-7(2)9(14)17-8/h4H,3,5-6H2,1-2H3,(H,15,16). The predicted molar refractivity (Wildman–Crippen MR) is 84.8 cm³/mol. The molecule has 2 nitrogen and oxygen atoms in total. The minimum absolute atomic E-state index is 0.00968. The van der Waals surface area contributed by atoms with Crippen LogP contribution in [0.15, 0.2) is 9.85 Å². The maximum Gasteiger partial charge on any atom is 0.261 e. The van der Waals surface area contributed by atoms with Crippen LogP contribution in [0.4, 0.5) is 0 Å². The van der Waals surface area contributed by atoms with Crippen LogP contribution in [0.5, 0.6) is 0 Å². The van der Waals surface area contributed by atoms with E-state index in [1.807, 2.05) is 13.0 Å². The van der Waals surface area contributed by atoms with Crippen molar-refractivity contribution in [1.82, 2.24) is 5.32 Å². The molecule has 1 N–H and O–H groups in total. The third-order valence-corrected chi connectivity index (χ3v) is 6.93. The Morgan fingerprint density at radius 1 is 1.47 bits per heavy atom. The number of thiophene rings is 1. The minimum Gasteiger partial charge on any atom is -0.344 e. The highest BCUT2D eigenvalue weighted by molar-refractivity contribution is 9.11. The maximum atomic E-state index is 12.1. The fraction of sp³-hybridized carbons (Fsp3) is 0.545. The molecule has 0 unspecified atom stereocenters. The Hall–Kier alpha value is 0.610. The van der Waals surface area contributed by atoms with Crippen molar-refractivity contribution >= 4 is 65.0 Å². The van der Waals surface area contributed by atoms with Crippen molar-refractivity contribution in [2.75, 3.05) is 10.7 Å². The highest BCUT2D eigenvalue weighted by Crippen LogP contribution is 2.28. The molecule has 0 aromatic carbocycles. The number of amides is 1. The Labute approximate surface area is 131 Å². The summed E-state index contributed by atoms with van der Waals surface area (Å²) in [4.78, 5) is 12.9. The van der Waals surface area contributed by atoms with Crippen molar-refractivity contribution < 1.29 is 4.79 Å². The van der Waals surface area contributed by atoms with E-state index in [0.717, 1.165) is 31.3 Å². The predicted octanol–water partition coefficient (Wildman–Crippen LogP) is 4.49. The van der Waals surface area contributed by atoms with Crippen LogP contribution in [-0.4, -0.2) is 22.1 Å². The second-order valence-corrected chi connectivity index (χ2v) is 7.41. The van der Waals surface area contributed by atoms with Crippen LogP contribution in [0.2, 0.25) is 0 Å². The zero-order chi connectivity index (χ0) is 13.1. The number of hydrogen-bond donors (Lipinski definition) is 1. The van der Waals surface area contributed by atoms with Crippen LogP contribution in [0.3, 0.4) is 0 Å². The van der Waals surface area contributed by atoms with Gasteiger partial charge in [0.25, 0.3) is 5.91 Å². The molecule has 1 aromatic rings. The number of alkyl halides is 2. The first-order valence-corrected chi connectivity index (χ1v) is 9.03. The lowest BCUT2D eigenvalue weighted by atomic mass is 10.0. The molecule has 0 fully saturated rings. The largest absolute Gasteiger partial charge is 0.344 e. The molecule has 1 rings (SSSR count). The molecule has 1 heterocycles. The molecule has 0 radical (unpaired) electrons. The summed E-state index contributed by atoms with van der Waals surface area (Å²) >= 11 is 11.8. The summed E-state index contributed by atoms with van der Waals surface area (Å²) < 4.78 is 1.02. The molecule has 0 aliphatic heterocycles. The molecule has 17 heavy (non-hydrogen) atoms. The zero-order valence-corrected chi connectivity index (χ0v) is 15.2. The highest BCUT2D eigenvalue weighted by Gasteiger charge is 2.28. The van der Waals surface area contributed by atoms with Crippen molar-refractivity contribution in [3.8, 4) is 0 Å². The molecule has 96 valence electrons. The Morgan fingerprint density at radius 3 is 2.41 bits per heavy atom. The molecule has 0 bridgehead atoms. The van der Waals surface area contributed by atoms with Gasteiger partial charge in [0.05, 0.1) is 14.2 Å². The zero-order valence-electron chi connectivity index (χ0n) is 9.65. The summed E-state index contributed by atoms with van der Waals surface area (Å²) in [5, 5.41) is 4.56. The Morgan fingerprint density at radius 2 is 2.06 bits per heavy atom. The van der Waals surface area contributed by atoms with E-state index in [4.69, 9.17) is 0 Å². The lowest BCUT2D eigenvalue weighted by molar-refractivity contribution is 0.0919.